The molecule has 0 amide bonds. The van der Waals surface area contributed by atoms with Gasteiger partial charge in [0.15, 0.2) is 4.77 Å². The first kappa shape index (κ1) is 12.9. The second kappa shape index (κ2) is 5.10. The number of aromatic nitrogens is 2. The van der Waals surface area contributed by atoms with E-state index in [1.54, 1.807) is 0 Å². The van der Waals surface area contributed by atoms with Crippen molar-refractivity contribution in [3.05, 3.63) is 28.5 Å². The van der Waals surface area contributed by atoms with Crippen molar-refractivity contribution in [1.82, 2.24) is 14.5 Å². The molecule has 0 bridgehead atoms. The van der Waals surface area contributed by atoms with E-state index in [1.165, 1.54) is 37.0 Å². The lowest BCUT2D eigenvalue weighted by atomic mass is 9.97. The number of hydrogen-bond acceptors (Lipinski definition) is 2. The molecule has 2 heterocycles. The number of imidazole rings is 1. The normalized spacial score (nSPS) is 18.2. The molecule has 1 aliphatic heterocycles. The lowest BCUT2D eigenvalue weighted by Crippen LogP contribution is -2.31. The average molecular weight is 275 g/mol. The average Bonchev–Trinajstić information content (AvgIpc) is 2.70. The van der Waals surface area contributed by atoms with Crippen LogP contribution in [0.4, 0.5) is 0 Å². The Balaban J connectivity index is 1.92. The number of rotatable bonds is 2. The van der Waals surface area contributed by atoms with Crippen molar-refractivity contribution >= 4 is 23.3 Å². The van der Waals surface area contributed by atoms with Crippen molar-refractivity contribution in [2.24, 2.45) is 5.92 Å². The highest BCUT2D eigenvalue weighted by atomic mass is 32.1. The van der Waals surface area contributed by atoms with Crippen LogP contribution < -0.4 is 0 Å². The number of aromatic amines is 1. The minimum absolute atomic E-state index is 0.751. The van der Waals surface area contributed by atoms with Gasteiger partial charge < -0.3 is 14.5 Å². The van der Waals surface area contributed by atoms with Gasteiger partial charge in [0.25, 0.3) is 0 Å². The largest absolute Gasteiger partial charge is 0.331 e. The van der Waals surface area contributed by atoms with Crippen molar-refractivity contribution in [2.75, 3.05) is 20.1 Å². The predicted octanol–water partition coefficient (Wildman–Crippen LogP) is 3.35. The van der Waals surface area contributed by atoms with E-state index in [4.69, 9.17) is 12.2 Å². The van der Waals surface area contributed by atoms with Gasteiger partial charge in [-0.2, -0.15) is 0 Å². The molecule has 1 saturated heterocycles. The van der Waals surface area contributed by atoms with Gasteiger partial charge in [0, 0.05) is 6.54 Å². The van der Waals surface area contributed by atoms with Crippen molar-refractivity contribution < 1.29 is 0 Å². The fourth-order valence-corrected chi connectivity index (χ4v) is 3.36. The number of likely N-dealkylation sites (tertiary alicyclic amines) is 1. The van der Waals surface area contributed by atoms with E-state index in [0.717, 1.165) is 22.8 Å². The quantitative estimate of drug-likeness (QED) is 0.850. The molecule has 102 valence electrons. The van der Waals surface area contributed by atoms with E-state index in [2.05, 4.69) is 46.6 Å². The van der Waals surface area contributed by atoms with Crippen LogP contribution in [0.5, 0.6) is 0 Å². The van der Waals surface area contributed by atoms with Crippen LogP contribution in [-0.2, 0) is 6.54 Å². The molecule has 1 aromatic carbocycles. The molecule has 0 spiro atoms. The number of piperidine rings is 1. The summed E-state index contributed by atoms with van der Waals surface area (Å²) in [5.74, 6) is 0.751. The maximum atomic E-state index is 5.50. The standard InChI is InChI=1S/C15H21N3S/c1-11-4-3-5-13-14(11)18(15(19)16-13)10-12-6-8-17(2)9-7-12/h3-5,12H,6-10H2,1-2H3,(H,16,19). The molecule has 1 aliphatic rings. The number of fused-ring (bicyclic) bond motifs is 1. The number of hydrogen-bond donors (Lipinski definition) is 1. The van der Waals surface area contributed by atoms with Crippen molar-refractivity contribution in [2.45, 2.75) is 26.3 Å². The van der Waals surface area contributed by atoms with Crippen LogP contribution in [0, 0.1) is 17.6 Å². The number of nitrogens with zero attached hydrogens (tertiary/aromatic N) is 2. The van der Waals surface area contributed by atoms with Gasteiger partial charge in [0.05, 0.1) is 11.0 Å². The summed E-state index contributed by atoms with van der Waals surface area (Å²) < 4.78 is 3.17. The molecule has 2 aromatic rings. The fourth-order valence-electron chi connectivity index (χ4n) is 3.08. The minimum Gasteiger partial charge on any atom is -0.331 e. The Bertz CT molecular complexity index is 632. The van der Waals surface area contributed by atoms with Gasteiger partial charge in [-0.3, -0.25) is 0 Å². The summed E-state index contributed by atoms with van der Waals surface area (Å²) in [7, 11) is 2.21. The maximum absolute atomic E-state index is 5.50. The van der Waals surface area contributed by atoms with E-state index in [-0.39, 0.29) is 0 Å². The van der Waals surface area contributed by atoms with Crippen LogP contribution in [0.25, 0.3) is 11.0 Å². The molecule has 19 heavy (non-hydrogen) atoms. The summed E-state index contributed by atoms with van der Waals surface area (Å²) in [6.45, 7) is 5.63. The highest BCUT2D eigenvalue weighted by Crippen LogP contribution is 2.23. The van der Waals surface area contributed by atoms with Gasteiger partial charge in [0.1, 0.15) is 0 Å². The van der Waals surface area contributed by atoms with Gasteiger partial charge in [-0.05, 0) is 69.7 Å². The molecule has 0 radical (unpaired) electrons. The van der Waals surface area contributed by atoms with E-state index in [1.807, 2.05) is 0 Å². The molecule has 0 atom stereocenters. The van der Waals surface area contributed by atoms with E-state index in [0.29, 0.717) is 0 Å². The first-order valence-electron chi connectivity index (χ1n) is 7.02. The Kier molecular flexibility index (Phi) is 3.46. The van der Waals surface area contributed by atoms with E-state index in [9.17, 15) is 0 Å². The van der Waals surface area contributed by atoms with E-state index < -0.39 is 0 Å². The number of H-pyrrole nitrogens is 1. The van der Waals surface area contributed by atoms with Crippen LogP contribution >= 0.6 is 12.2 Å². The molecule has 1 fully saturated rings. The fraction of sp³-hybridized carbons (Fsp3) is 0.533. The lowest BCUT2D eigenvalue weighted by molar-refractivity contribution is 0.206. The highest BCUT2D eigenvalue weighted by Gasteiger charge is 2.18. The zero-order valence-electron chi connectivity index (χ0n) is 11.6. The lowest BCUT2D eigenvalue weighted by Gasteiger charge is -2.29. The first-order chi connectivity index (χ1) is 9.15. The number of aryl methyl sites for hydroxylation is 1. The summed E-state index contributed by atoms with van der Waals surface area (Å²) in [6, 6.07) is 6.36. The Labute approximate surface area is 119 Å². The monoisotopic (exact) mass is 275 g/mol. The Morgan fingerprint density at radius 1 is 1.32 bits per heavy atom. The van der Waals surface area contributed by atoms with Crippen LogP contribution in [0.3, 0.4) is 0 Å². The topological polar surface area (TPSA) is 24.0 Å². The SMILES string of the molecule is Cc1cccc2[nH]c(=S)n(CC3CCN(C)CC3)c12. The zero-order chi connectivity index (χ0) is 13.4. The summed E-state index contributed by atoms with van der Waals surface area (Å²) >= 11 is 5.50. The third kappa shape index (κ3) is 2.47. The van der Waals surface area contributed by atoms with Gasteiger partial charge in [-0.15, -0.1) is 0 Å². The summed E-state index contributed by atoms with van der Waals surface area (Å²) in [6.07, 6.45) is 2.55. The second-order valence-corrected chi connectivity index (χ2v) is 6.15. The summed E-state index contributed by atoms with van der Waals surface area (Å²) in [5, 5.41) is 0. The van der Waals surface area contributed by atoms with E-state index >= 15 is 0 Å². The molecule has 0 unspecified atom stereocenters. The third-order valence-corrected chi connectivity index (χ3v) is 4.60. The van der Waals surface area contributed by atoms with Gasteiger partial charge >= 0.3 is 0 Å². The smallest absolute Gasteiger partial charge is 0.178 e. The van der Waals surface area contributed by atoms with Crippen LogP contribution in [0.15, 0.2) is 18.2 Å². The van der Waals surface area contributed by atoms with Gasteiger partial charge in [-0.25, -0.2) is 0 Å². The van der Waals surface area contributed by atoms with Crippen molar-refractivity contribution in [3.63, 3.8) is 0 Å². The number of benzene rings is 1. The molecule has 1 N–H and O–H groups in total. The first-order valence-corrected chi connectivity index (χ1v) is 7.42. The Hall–Kier alpha value is -1.13. The molecular formula is C15H21N3S. The van der Waals surface area contributed by atoms with Crippen LogP contribution in [-0.4, -0.2) is 34.6 Å². The van der Waals surface area contributed by atoms with Crippen molar-refractivity contribution in [1.29, 1.82) is 0 Å². The summed E-state index contributed by atoms with van der Waals surface area (Å²) in [4.78, 5) is 5.75. The van der Waals surface area contributed by atoms with Crippen molar-refractivity contribution in [3.8, 4) is 0 Å². The molecule has 3 nitrogen and oxygen atoms in total. The molecule has 0 aliphatic carbocycles. The molecule has 1 aromatic heterocycles. The van der Waals surface area contributed by atoms with Gasteiger partial charge in [-0.1, -0.05) is 12.1 Å². The predicted molar refractivity (Wildman–Crippen MR) is 82.1 cm³/mol. The second-order valence-electron chi connectivity index (χ2n) is 5.76. The molecular weight excluding hydrogens is 254 g/mol. The zero-order valence-corrected chi connectivity index (χ0v) is 12.5. The van der Waals surface area contributed by atoms with Crippen LogP contribution in [0.2, 0.25) is 0 Å². The number of para-hydroxylation sites is 1. The Morgan fingerprint density at radius 3 is 2.79 bits per heavy atom. The third-order valence-electron chi connectivity index (χ3n) is 4.27. The molecule has 3 rings (SSSR count). The molecule has 4 heteroatoms. The van der Waals surface area contributed by atoms with Gasteiger partial charge in [0.2, 0.25) is 0 Å². The minimum atomic E-state index is 0.751. The summed E-state index contributed by atoms with van der Waals surface area (Å²) in [5.41, 5.74) is 3.75. The van der Waals surface area contributed by atoms with Crippen LogP contribution in [0.1, 0.15) is 18.4 Å². The molecule has 0 saturated carbocycles. The highest BCUT2D eigenvalue weighted by molar-refractivity contribution is 7.71. The number of nitrogens with one attached hydrogen (secondary N) is 1. The maximum Gasteiger partial charge on any atom is 0.178 e. The Morgan fingerprint density at radius 2 is 2.05 bits per heavy atom.